The molecule has 5 heteroatoms. The van der Waals surface area contributed by atoms with Gasteiger partial charge in [0, 0.05) is 0 Å². The van der Waals surface area contributed by atoms with E-state index < -0.39 is 0 Å². The summed E-state index contributed by atoms with van der Waals surface area (Å²) in [4.78, 5) is 0. The van der Waals surface area contributed by atoms with Gasteiger partial charge in [-0.3, -0.25) is 0 Å². The second-order valence-corrected chi connectivity index (χ2v) is 1.09. The molecule has 0 aromatic heterocycles. The fourth-order valence-electron chi connectivity index (χ4n) is 0.323. The van der Waals surface area contributed by atoms with E-state index in [4.69, 9.17) is 4.74 Å². The van der Waals surface area contributed by atoms with Crippen LogP contribution in [0.25, 0.3) is 0 Å². The molecule has 1 rings (SSSR count). The van der Waals surface area contributed by atoms with Gasteiger partial charge in [0.2, 0.25) is 0 Å². The minimum absolute atomic E-state index is 0.243. The highest BCUT2D eigenvalue weighted by molar-refractivity contribution is 5.74. The van der Waals surface area contributed by atoms with Gasteiger partial charge < -0.3 is 4.74 Å². The van der Waals surface area contributed by atoms with Crippen LogP contribution in [-0.4, -0.2) is 12.6 Å². The molecule has 0 spiro atoms. The Morgan fingerprint density at radius 2 is 2.50 bits per heavy atom. The Bertz CT molecular complexity index is 129. The summed E-state index contributed by atoms with van der Waals surface area (Å²) in [5.74, 6) is 0. The fourth-order valence-corrected chi connectivity index (χ4v) is 0.323. The third kappa shape index (κ3) is 0.927. The Labute approximate surface area is 46.4 Å². The van der Waals surface area contributed by atoms with Gasteiger partial charge in [0.15, 0.2) is 0 Å². The minimum atomic E-state index is 0.243. The van der Waals surface area contributed by atoms with Crippen LogP contribution in [0.1, 0.15) is 6.92 Å². The largest absolute Gasteiger partial charge is 0.462 e. The smallest absolute Gasteiger partial charge is 0.357 e. The second-order valence-electron chi connectivity index (χ2n) is 1.09. The van der Waals surface area contributed by atoms with Gasteiger partial charge in [0.25, 0.3) is 0 Å². The van der Waals surface area contributed by atoms with Crippen molar-refractivity contribution in [2.24, 2.45) is 15.4 Å². The molecule has 0 fully saturated rings. The fraction of sp³-hybridized carbons (Fsp3) is 0.667. The molecule has 0 aromatic carbocycles. The van der Waals surface area contributed by atoms with Gasteiger partial charge >= 0.3 is 6.02 Å². The van der Waals surface area contributed by atoms with Crippen molar-refractivity contribution in [3.8, 4) is 0 Å². The van der Waals surface area contributed by atoms with Crippen LogP contribution in [-0.2, 0) is 4.74 Å². The molecule has 0 unspecified atom stereocenters. The van der Waals surface area contributed by atoms with Gasteiger partial charge in [-0.25, -0.2) is 0 Å². The van der Waals surface area contributed by atoms with Gasteiger partial charge in [-0.2, -0.15) is 0 Å². The number of hydrogen-bond acceptors (Lipinski definition) is 4. The van der Waals surface area contributed by atoms with E-state index in [1.54, 1.807) is 0 Å². The van der Waals surface area contributed by atoms with Crippen LogP contribution in [0.15, 0.2) is 15.4 Å². The van der Waals surface area contributed by atoms with Crippen LogP contribution in [0.4, 0.5) is 0 Å². The molecule has 1 aliphatic heterocycles. The summed E-state index contributed by atoms with van der Waals surface area (Å²) in [5, 5.41) is 10.0. The molecule has 0 bridgehead atoms. The SMILES string of the molecule is CCOC1=N[N]N=N1. The van der Waals surface area contributed by atoms with Gasteiger partial charge in [0.05, 0.1) is 6.61 Å². The summed E-state index contributed by atoms with van der Waals surface area (Å²) in [5.41, 5.74) is 3.20. The summed E-state index contributed by atoms with van der Waals surface area (Å²) in [6, 6.07) is 0.243. The number of nitrogens with zero attached hydrogens (tertiary/aromatic N) is 4. The highest BCUT2D eigenvalue weighted by Crippen LogP contribution is 1.91. The van der Waals surface area contributed by atoms with E-state index in [-0.39, 0.29) is 6.02 Å². The first-order valence-electron chi connectivity index (χ1n) is 2.25. The molecule has 1 aliphatic rings. The van der Waals surface area contributed by atoms with Crippen molar-refractivity contribution in [3.05, 3.63) is 0 Å². The lowest BCUT2D eigenvalue weighted by Gasteiger charge is -1.90. The van der Waals surface area contributed by atoms with Crippen LogP contribution in [0.2, 0.25) is 0 Å². The highest BCUT2D eigenvalue weighted by atomic mass is 16.5. The van der Waals surface area contributed by atoms with Crippen molar-refractivity contribution in [2.45, 2.75) is 6.92 Å². The molecular weight excluding hydrogens is 108 g/mol. The molecule has 43 valence electrons. The van der Waals surface area contributed by atoms with E-state index in [9.17, 15) is 0 Å². The van der Waals surface area contributed by atoms with Crippen LogP contribution < -0.4 is 5.53 Å². The topological polar surface area (TPSA) is 60.4 Å². The Hall–Kier alpha value is -1.13. The Kier molecular flexibility index (Phi) is 1.41. The average molecular weight is 113 g/mol. The maximum absolute atomic E-state index is 4.80. The standard InChI is InChI=1S/C3H5N4O/c1-2-8-3-4-6-7-5-3/h2H2,1H3. The summed E-state index contributed by atoms with van der Waals surface area (Å²) in [7, 11) is 0. The first kappa shape index (κ1) is 5.02. The number of ether oxygens (including phenoxy) is 1. The predicted octanol–water partition coefficient (Wildman–Crippen LogP) is 0.279. The van der Waals surface area contributed by atoms with Crippen LogP contribution in [0.3, 0.4) is 0 Å². The van der Waals surface area contributed by atoms with Crippen LogP contribution >= 0.6 is 0 Å². The zero-order valence-corrected chi connectivity index (χ0v) is 4.40. The first-order valence-corrected chi connectivity index (χ1v) is 2.25. The van der Waals surface area contributed by atoms with Gasteiger partial charge in [-0.05, 0) is 17.7 Å². The van der Waals surface area contributed by atoms with Crippen molar-refractivity contribution in [1.82, 2.24) is 5.53 Å². The van der Waals surface area contributed by atoms with Gasteiger partial charge in [-0.1, -0.05) is 10.2 Å². The summed E-state index contributed by atoms with van der Waals surface area (Å²) in [6.07, 6.45) is 0. The monoisotopic (exact) mass is 113 g/mol. The Balaban J connectivity index is 2.34. The van der Waals surface area contributed by atoms with Crippen molar-refractivity contribution >= 4 is 6.02 Å². The first-order chi connectivity index (χ1) is 3.93. The van der Waals surface area contributed by atoms with Gasteiger partial charge in [0.1, 0.15) is 0 Å². The van der Waals surface area contributed by atoms with E-state index in [0.717, 1.165) is 0 Å². The molecule has 1 heterocycles. The van der Waals surface area contributed by atoms with Crippen LogP contribution in [0, 0.1) is 0 Å². The van der Waals surface area contributed by atoms with E-state index >= 15 is 0 Å². The molecule has 0 saturated carbocycles. The number of hydrogen-bond donors (Lipinski definition) is 0. The molecule has 8 heavy (non-hydrogen) atoms. The number of rotatable bonds is 1. The summed E-state index contributed by atoms with van der Waals surface area (Å²) >= 11 is 0. The minimum Gasteiger partial charge on any atom is -0.462 e. The molecule has 0 saturated heterocycles. The molecule has 5 nitrogen and oxygen atoms in total. The molecule has 0 aliphatic carbocycles. The zero-order valence-electron chi connectivity index (χ0n) is 4.40. The average Bonchev–Trinajstić information content (AvgIpc) is 2.19. The summed E-state index contributed by atoms with van der Waals surface area (Å²) in [6.45, 7) is 2.39. The van der Waals surface area contributed by atoms with E-state index in [2.05, 4.69) is 21.0 Å². The number of amidine groups is 1. The summed E-state index contributed by atoms with van der Waals surface area (Å²) < 4.78 is 4.80. The van der Waals surface area contributed by atoms with E-state index in [0.29, 0.717) is 6.61 Å². The van der Waals surface area contributed by atoms with E-state index in [1.807, 2.05) is 6.92 Å². The maximum Gasteiger partial charge on any atom is 0.357 e. The Morgan fingerprint density at radius 1 is 1.62 bits per heavy atom. The quantitative estimate of drug-likeness (QED) is 0.481. The maximum atomic E-state index is 4.80. The van der Waals surface area contributed by atoms with Crippen LogP contribution in [0.5, 0.6) is 0 Å². The lowest BCUT2D eigenvalue weighted by Crippen LogP contribution is -1.97. The van der Waals surface area contributed by atoms with Crippen molar-refractivity contribution in [3.63, 3.8) is 0 Å². The predicted molar refractivity (Wildman–Crippen MR) is 26.1 cm³/mol. The highest BCUT2D eigenvalue weighted by Gasteiger charge is 2.01. The molecule has 0 aromatic rings. The second kappa shape index (κ2) is 2.25. The Morgan fingerprint density at radius 3 is 3.00 bits per heavy atom. The van der Waals surface area contributed by atoms with Crippen molar-refractivity contribution in [2.75, 3.05) is 6.61 Å². The molecule has 1 radical (unpaired) electrons. The molecule has 0 amide bonds. The molecular formula is C3H5N4O. The molecule has 0 atom stereocenters. The van der Waals surface area contributed by atoms with Crippen molar-refractivity contribution < 1.29 is 4.74 Å². The third-order valence-corrected chi connectivity index (χ3v) is 0.574. The van der Waals surface area contributed by atoms with E-state index in [1.165, 1.54) is 0 Å². The molecule has 0 N–H and O–H groups in total. The lowest BCUT2D eigenvalue weighted by molar-refractivity contribution is 0.322. The van der Waals surface area contributed by atoms with Gasteiger partial charge in [-0.15, -0.1) is 0 Å². The third-order valence-electron chi connectivity index (χ3n) is 0.574. The van der Waals surface area contributed by atoms with Crippen molar-refractivity contribution in [1.29, 1.82) is 0 Å². The normalized spacial score (nSPS) is 15.4. The zero-order chi connectivity index (χ0) is 5.82. The lowest BCUT2D eigenvalue weighted by atomic mass is 10.9.